The Kier molecular flexibility index (Phi) is 4.82. The van der Waals surface area contributed by atoms with E-state index in [4.69, 9.17) is 0 Å². The Bertz CT molecular complexity index is 1230. The summed E-state index contributed by atoms with van der Waals surface area (Å²) in [5, 5.41) is 11.3. The number of anilines is 1. The van der Waals surface area contributed by atoms with E-state index in [9.17, 15) is 23.3 Å². The van der Waals surface area contributed by atoms with Gasteiger partial charge in [0.2, 0.25) is 0 Å². The molecule has 146 valence electrons. The number of para-hydroxylation sites is 1. The molecule has 1 N–H and O–H groups in total. The van der Waals surface area contributed by atoms with Gasteiger partial charge in [0.1, 0.15) is 5.69 Å². The van der Waals surface area contributed by atoms with E-state index in [0.717, 1.165) is 6.07 Å². The van der Waals surface area contributed by atoms with Crippen molar-refractivity contribution in [1.29, 1.82) is 0 Å². The molecule has 0 saturated heterocycles. The SMILES string of the molecule is Cc1cccc([N+](=O)[O-])c1S(=O)(=O)Nc1c(C)n(C)n(-c2ccccc2)c1=O. The van der Waals surface area contributed by atoms with E-state index >= 15 is 0 Å². The first kappa shape index (κ1) is 19.4. The Morgan fingerprint density at radius 1 is 1.04 bits per heavy atom. The maximum absolute atomic E-state index is 12.9. The lowest BCUT2D eigenvalue weighted by molar-refractivity contribution is -0.387. The van der Waals surface area contributed by atoms with Gasteiger partial charge in [-0.3, -0.25) is 24.3 Å². The molecule has 0 atom stereocenters. The zero-order valence-electron chi connectivity index (χ0n) is 15.4. The van der Waals surface area contributed by atoms with Gasteiger partial charge in [-0.2, -0.15) is 0 Å². The monoisotopic (exact) mass is 402 g/mol. The second kappa shape index (κ2) is 6.97. The minimum absolute atomic E-state index is 0.163. The topological polar surface area (TPSA) is 116 Å². The molecule has 0 aliphatic heterocycles. The van der Waals surface area contributed by atoms with E-state index in [-0.39, 0.29) is 11.3 Å². The highest BCUT2D eigenvalue weighted by Crippen LogP contribution is 2.29. The summed E-state index contributed by atoms with van der Waals surface area (Å²) in [5.74, 6) is 0. The molecule has 1 heterocycles. The minimum atomic E-state index is -4.37. The van der Waals surface area contributed by atoms with Gasteiger partial charge in [0.15, 0.2) is 4.90 Å². The van der Waals surface area contributed by atoms with Crippen molar-refractivity contribution in [2.75, 3.05) is 4.72 Å². The van der Waals surface area contributed by atoms with Crippen LogP contribution in [0.2, 0.25) is 0 Å². The molecule has 3 aromatic rings. The lowest BCUT2D eigenvalue weighted by atomic mass is 10.2. The predicted molar refractivity (Wildman–Crippen MR) is 104 cm³/mol. The quantitative estimate of drug-likeness (QED) is 0.520. The number of sulfonamides is 1. The van der Waals surface area contributed by atoms with Crippen LogP contribution in [0, 0.1) is 24.0 Å². The molecule has 2 aromatic carbocycles. The first-order valence-electron chi connectivity index (χ1n) is 8.26. The highest BCUT2D eigenvalue weighted by atomic mass is 32.2. The minimum Gasteiger partial charge on any atom is -0.283 e. The van der Waals surface area contributed by atoms with Crippen LogP contribution in [-0.4, -0.2) is 22.7 Å². The molecule has 0 saturated carbocycles. The molecule has 1 aromatic heterocycles. The molecule has 0 bridgehead atoms. The molecule has 0 unspecified atom stereocenters. The third kappa shape index (κ3) is 3.18. The second-order valence-electron chi connectivity index (χ2n) is 6.22. The van der Waals surface area contributed by atoms with Crippen LogP contribution in [0.5, 0.6) is 0 Å². The fourth-order valence-corrected chi connectivity index (χ4v) is 4.52. The molecule has 28 heavy (non-hydrogen) atoms. The van der Waals surface area contributed by atoms with E-state index in [1.165, 1.54) is 28.4 Å². The van der Waals surface area contributed by atoms with Crippen molar-refractivity contribution in [2.24, 2.45) is 7.05 Å². The van der Waals surface area contributed by atoms with Crippen LogP contribution in [0.3, 0.4) is 0 Å². The predicted octanol–water partition coefficient (Wildman–Crippen LogP) is 2.50. The molecule has 0 aliphatic carbocycles. The highest BCUT2D eigenvalue weighted by molar-refractivity contribution is 7.93. The van der Waals surface area contributed by atoms with Gasteiger partial charge in [0.05, 0.1) is 16.3 Å². The van der Waals surface area contributed by atoms with Crippen LogP contribution in [0.1, 0.15) is 11.3 Å². The molecule has 10 heteroatoms. The summed E-state index contributed by atoms with van der Waals surface area (Å²) in [7, 11) is -2.75. The molecule has 0 fully saturated rings. The maximum Gasteiger partial charge on any atom is 0.296 e. The number of nitro benzene ring substituents is 1. The fraction of sp³-hybridized carbons (Fsp3) is 0.167. The second-order valence-corrected chi connectivity index (χ2v) is 7.84. The molecular formula is C18H18N4O5S. The lowest BCUT2D eigenvalue weighted by Gasteiger charge is -2.09. The summed E-state index contributed by atoms with van der Waals surface area (Å²) in [6.45, 7) is 3.05. The average Bonchev–Trinajstić information content (AvgIpc) is 2.85. The number of aryl methyl sites for hydroxylation is 1. The van der Waals surface area contributed by atoms with Crippen LogP contribution in [0.25, 0.3) is 5.69 Å². The number of benzene rings is 2. The van der Waals surface area contributed by atoms with Gasteiger partial charge in [-0.05, 0) is 31.5 Å². The van der Waals surface area contributed by atoms with E-state index in [1.54, 1.807) is 44.3 Å². The molecule has 0 spiro atoms. The van der Waals surface area contributed by atoms with Crippen molar-refractivity contribution in [1.82, 2.24) is 9.36 Å². The first-order chi connectivity index (χ1) is 13.1. The van der Waals surface area contributed by atoms with E-state index < -0.39 is 31.1 Å². The summed E-state index contributed by atoms with van der Waals surface area (Å²) in [6.07, 6.45) is 0. The molecule has 3 rings (SSSR count). The Morgan fingerprint density at radius 3 is 2.29 bits per heavy atom. The van der Waals surface area contributed by atoms with Crippen molar-refractivity contribution < 1.29 is 13.3 Å². The first-order valence-corrected chi connectivity index (χ1v) is 9.74. The summed E-state index contributed by atoms with van der Waals surface area (Å²) in [6, 6.07) is 12.7. The number of rotatable bonds is 5. The zero-order chi connectivity index (χ0) is 20.6. The van der Waals surface area contributed by atoms with Crippen molar-refractivity contribution in [3.63, 3.8) is 0 Å². The number of nitro groups is 1. The van der Waals surface area contributed by atoms with Crippen molar-refractivity contribution in [3.8, 4) is 5.69 Å². The van der Waals surface area contributed by atoms with Gasteiger partial charge in [0.25, 0.3) is 21.3 Å². The van der Waals surface area contributed by atoms with Gasteiger partial charge in [-0.15, -0.1) is 0 Å². The largest absolute Gasteiger partial charge is 0.296 e. The third-order valence-electron chi connectivity index (χ3n) is 4.45. The van der Waals surface area contributed by atoms with Crippen LogP contribution in [0.15, 0.2) is 58.2 Å². The Balaban J connectivity index is 2.16. The smallest absolute Gasteiger partial charge is 0.283 e. The summed E-state index contributed by atoms with van der Waals surface area (Å²) in [5.41, 5.74) is -0.155. The molecular weight excluding hydrogens is 384 g/mol. The highest BCUT2D eigenvalue weighted by Gasteiger charge is 2.30. The van der Waals surface area contributed by atoms with Gasteiger partial charge < -0.3 is 0 Å². The number of aromatic nitrogens is 2. The van der Waals surface area contributed by atoms with Crippen molar-refractivity contribution in [2.45, 2.75) is 18.7 Å². The van der Waals surface area contributed by atoms with Gasteiger partial charge in [-0.1, -0.05) is 30.3 Å². The molecule has 9 nitrogen and oxygen atoms in total. The summed E-state index contributed by atoms with van der Waals surface area (Å²) < 4.78 is 31.0. The molecule has 0 aliphatic rings. The van der Waals surface area contributed by atoms with Gasteiger partial charge >= 0.3 is 0 Å². The number of hydrogen-bond donors (Lipinski definition) is 1. The van der Waals surface area contributed by atoms with Gasteiger partial charge in [0, 0.05) is 13.1 Å². The Morgan fingerprint density at radius 2 is 1.68 bits per heavy atom. The van der Waals surface area contributed by atoms with E-state index in [1.807, 2.05) is 0 Å². The van der Waals surface area contributed by atoms with E-state index in [0.29, 0.717) is 11.4 Å². The normalized spacial score (nSPS) is 11.4. The van der Waals surface area contributed by atoms with Crippen LogP contribution in [-0.2, 0) is 17.1 Å². The Hall–Kier alpha value is -3.40. The number of hydrogen-bond acceptors (Lipinski definition) is 5. The van der Waals surface area contributed by atoms with Crippen LogP contribution >= 0.6 is 0 Å². The van der Waals surface area contributed by atoms with Crippen molar-refractivity contribution >= 4 is 21.4 Å². The number of nitrogens with zero attached hydrogens (tertiary/aromatic N) is 3. The Labute approximate surface area is 161 Å². The van der Waals surface area contributed by atoms with Crippen LogP contribution < -0.4 is 10.3 Å². The molecule has 0 radical (unpaired) electrons. The lowest BCUT2D eigenvalue weighted by Crippen LogP contribution is -2.23. The van der Waals surface area contributed by atoms with Gasteiger partial charge in [-0.25, -0.2) is 13.1 Å². The van der Waals surface area contributed by atoms with Crippen LogP contribution in [0.4, 0.5) is 11.4 Å². The standard InChI is InChI=1S/C18H18N4O5S/c1-12-8-7-11-15(22(24)25)17(12)28(26,27)19-16-13(2)20(3)21(18(16)23)14-9-5-4-6-10-14/h4-11,19H,1-3H3. The van der Waals surface area contributed by atoms with E-state index in [2.05, 4.69) is 4.72 Å². The zero-order valence-corrected chi connectivity index (χ0v) is 16.2. The molecule has 0 amide bonds. The average molecular weight is 402 g/mol. The summed E-state index contributed by atoms with van der Waals surface area (Å²) >= 11 is 0. The summed E-state index contributed by atoms with van der Waals surface area (Å²) in [4.78, 5) is 23.0. The maximum atomic E-state index is 12.9. The fourth-order valence-electron chi connectivity index (χ4n) is 3.00. The number of nitrogens with one attached hydrogen (secondary N) is 1. The third-order valence-corrected chi connectivity index (χ3v) is 5.99. The van der Waals surface area contributed by atoms with Crippen molar-refractivity contribution in [3.05, 3.63) is 80.3 Å².